The third-order valence-electron chi connectivity index (χ3n) is 4.63. The van der Waals surface area contributed by atoms with Gasteiger partial charge < -0.3 is 14.5 Å². The number of methoxy groups -OCH3 is 1. The first kappa shape index (κ1) is 19.2. The van der Waals surface area contributed by atoms with E-state index >= 15 is 0 Å². The summed E-state index contributed by atoms with van der Waals surface area (Å²) in [5.41, 5.74) is 1.48. The Morgan fingerprint density at radius 3 is 2.33 bits per heavy atom. The van der Waals surface area contributed by atoms with Gasteiger partial charge in [-0.05, 0) is 56.7 Å². The molecule has 0 radical (unpaired) electrons. The SMILES string of the molecule is COc1ccc(CN2C(=O)CN(C(C)(C)C)C(=O)c3cc(Cl)ccc32)cc1. The molecule has 2 aromatic carbocycles. The maximum atomic E-state index is 13.1. The first-order valence-electron chi connectivity index (χ1n) is 8.75. The fourth-order valence-corrected chi connectivity index (χ4v) is 3.29. The molecule has 3 rings (SSSR count). The molecule has 0 spiro atoms. The van der Waals surface area contributed by atoms with Crippen LogP contribution in [0.4, 0.5) is 5.69 Å². The van der Waals surface area contributed by atoms with Crippen LogP contribution < -0.4 is 9.64 Å². The minimum Gasteiger partial charge on any atom is -0.497 e. The van der Waals surface area contributed by atoms with Gasteiger partial charge in [0.25, 0.3) is 5.91 Å². The lowest BCUT2D eigenvalue weighted by atomic mass is 10.0. The van der Waals surface area contributed by atoms with E-state index in [0.717, 1.165) is 11.3 Å². The highest BCUT2D eigenvalue weighted by atomic mass is 35.5. The van der Waals surface area contributed by atoms with Crippen LogP contribution in [-0.4, -0.2) is 35.9 Å². The van der Waals surface area contributed by atoms with Gasteiger partial charge in [0.1, 0.15) is 12.3 Å². The molecule has 0 aromatic heterocycles. The molecular weight excluding hydrogens is 364 g/mol. The Balaban J connectivity index is 2.04. The van der Waals surface area contributed by atoms with E-state index in [9.17, 15) is 9.59 Å². The van der Waals surface area contributed by atoms with Crippen LogP contribution in [0.5, 0.6) is 5.75 Å². The van der Waals surface area contributed by atoms with Crippen molar-refractivity contribution < 1.29 is 14.3 Å². The van der Waals surface area contributed by atoms with Crippen molar-refractivity contribution in [1.82, 2.24) is 4.90 Å². The number of ether oxygens (including phenoxy) is 1. The molecule has 0 saturated carbocycles. The molecule has 1 heterocycles. The number of nitrogens with zero attached hydrogens (tertiary/aromatic N) is 2. The summed E-state index contributed by atoms with van der Waals surface area (Å²) >= 11 is 6.15. The van der Waals surface area contributed by atoms with E-state index in [4.69, 9.17) is 16.3 Å². The van der Waals surface area contributed by atoms with Crippen molar-refractivity contribution in [1.29, 1.82) is 0 Å². The normalized spacial score (nSPS) is 14.9. The molecule has 0 saturated heterocycles. The molecule has 0 N–H and O–H groups in total. The van der Waals surface area contributed by atoms with Crippen molar-refractivity contribution >= 4 is 29.1 Å². The largest absolute Gasteiger partial charge is 0.497 e. The molecule has 2 aromatic rings. The highest BCUT2D eigenvalue weighted by Crippen LogP contribution is 2.32. The number of fused-ring (bicyclic) bond motifs is 1. The smallest absolute Gasteiger partial charge is 0.256 e. The summed E-state index contributed by atoms with van der Waals surface area (Å²) < 4.78 is 5.19. The first-order chi connectivity index (χ1) is 12.7. The van der Waals surface area contributed by atoms with E-state index in [1.165, 1.54) is 0 Å². The Morgan fingerprint density at radius 2 is 1.74 bits per heavy atom. The van der Waals surface area contributed by atoms with E-state index in [1.54, 1.807) is 35.1 Å². The summed E-state index contributed by atoms with van der Waals surface area (Å²) in [6.45, 7) is 6.14. The van der Waals surface area contributed by atoms with E-state index in [-0.39, 0.29) is 18.4 Å². The number of anilines is 1. The van der Waals surface area contributed by atoms with Gasteiger partial charge in [0, 0.05) is 10.6 Å². The average molecular weight is 387 g/mol. The number of hydrogen-bond acceptors (Lipinski definition) is 3. The minimum atomic E-state index is -0.484. The number of halogens is 1. The summed E-state index contributed by atoms with van der Waals surface area (Å²) in [5, 5.41) is 0.467. The van der Waals surface area contributed by atoms with E-state index in [0.29, 0.717) is 22.8 Å². The van der Waals surface area contributed by atoms with Crippen molar-refractivity contribution in [2.45, 2.75) is 32.9 Å². The van der Waals surface area contributed by atoms with Gasteiger partial charge >= 0.3 is 0 Å². The second-order valence-corrected chi connectivity index (χ2v) is 7.99. The lowest BCUT2D eigenvalue weighted by Gasteiger charge is -2.34. The van der Waals surface area contributed by atoms with Crippen molar-refractivity contribution in [3.05, 3.63) is 58.6 Å². The molecule has 1 aliphatic heterocycles. The zero-order valence-corrected chi connectivity index (χ0v) is 16.7. The lowest BCUT2D eigenvalue weighted by molar-refractivity contribution is -0.120. The van der Waals surface area contributed by atoms with E-state index < -0.39 is 5.54 Å². The van der Waals surface area contributed by atoms with Crippen LogP contribution >= 0.6 is 11.6 Å². The number of carbonyl (C=O) groups is 2. The predicted octanol–water partition coefficient (Wildman–Crippen LogP) is 4.14. The molecule has 0 aliphatic carbocycles. The van der Waals surface area contributed by atoms with Gasteiger partial charge in [0.2, 0.25) is 5.91 Å². The predicted molar refractivity (Wildman–Crippen MR) is 106 cm³/mol. The molecule has 0 atom stereocenters. The second kappa shape index (κ2) is 7.24. The van der Waals surface area contributed by atoms with Crippen LogP contribution in [0.3, 0.4) is 0 Å². The topological polar surface area (TPSA) is 49.9 Å². The van der Waals surface area contributed by atoms with Gasteiger partial charge in [0.05, 0.1) is 24.9 Å². The van der Waals surface area contributed by atoms with Gasteiger partial charge in [-0.15, -0.1) is 0 Å². The van der Waals surface area contributed by atoms with Crippen LogP contribution in [-0.2, 0) is 11.3 Å². The molecule has 0 unspecified atom stereocenters. The first-order valence-corrected chi connectivity index (χ1v) is 9.13. The second-order valence-electron chi connectivity index (χ2n) is 7.55. The third kappa shape index (κ3) is 3.93. The summed E-state index contributed by atoms with van der Waals surface area (Å²) in [6.07, 6.45) is 0. The Kier molecular flexibility index (Phi) is 5.16. The fourth-order valence-electron chi connectivity index (χ4n) is 3.12. The van der Waals surface area contributed by atoms with Crippen LogP contribution in [0, 0.1) is 0 Å². The highest BCUT2D eigenvalue weighted by molar-refractivity contribution is 6.31. The van der Waals surface area contributed by atoms with Crippen molar-refractivity contribution in [2.75, 3.05) is 18.6 Å². The van der Waals surface area contributed by atoms with E-state index in [2.05, 4.69) is 0 Å². The zero-order valence-electron chi connectivity index (χ0n) is 16.0. The molecule has 0 fully saturated rings. The number of amides is 2. The van der Waals surface area contributed by atoms with Gasteiger partial charge in [-0.25, -0.2) is 0 Å². The van der Waals surface area contributed by atoms with Gasteiger partial charge in [-0.2, -0.15) is 0 Å². The Bertz CT molecular complexity index is 872. The molecule has 2 amide bonds. The molecule has 142 valence electrons. The van der Waals surface area contributed by atoms with Gasteiger partial charge in [-0.3, -0.25) is 9.59 Å². The maximum absolute atomic E-state index is 13.1. The zero-order chi connectivity index (χ0) is 19.8. The van der Waals surface area contributed by atoms with Crippen LogP contribution in [0.2, 0.25) is 5.02 Å². The molecule has 1 aliphatic rings. The molecule has 0 bridgehead atoms. The average Bonchev–Trinajstić information content (AvgIpc) is 2.72. The lowest BCUT2D eigenvalue weighted by Crippen LogP contribution is -2.48. The van der Waals surface area contributed by atoms with Crippen molar-refractivity contribution in [2.24, 2.45) is 0 Å². The number of benzene rings is 2. The summed E-state index contributed by atoms with van der Waals surface area (Å²) in [7, 11) is 1.61. The fraction of sp³-hybridized carbons (Fsp3) is 0.333. The monoisotopic (exact) mass is 386 g/mol. The quantitative estimate of drug-likeness (QED) is 0.796. The van der Waals surface area contributed by atoms with Gasteiger partial charge in [-0.1, -0.05) is 23.7 Å². The summed E-state index contributed by atoms with van der Waals surface area (Å²) in [4.78, 5) is 29.4. The van der Waals surface area contributed by atoms with Crippen LogP contribution in [0.15, 0.2) is 42.5 Å². The third-order valence-corrected chi connectivity index (χ3v) is 4.86. The number of hydrogen-bond donors (Lipinski definition) is 0. The standard InChI is InChI=1S/C21H23ClN2O3/c1-21(2,3)24-13-19(25)23(12-14-5-8-16(27-4)9-6-14)18-10-7-15(22)11-17(18)20(24)26/h5-11H,12-13H2,1-4H3. The highest BCUT2D eigenvalue weighted by Gasteiger charge is 2.36. The van der Waals surface area contributed by atoms with Crippen molar-refractivity contribution in [3.8, 4) is 5.75 Å². The summed E-state index contributed by atoms with van der Waals surface area (Å²) in [6, 6.07) is 12.6. The Hall–Kier alpha value is -2.53. The summed E-state index contributed by atoms with van der Waals surface area (Å²) in [5.74, 6) is 0.433. The molecular formula is C21H23ClN2O3. The van der Waals surface area contributed by atoms with Crippen LogP contribution in [0.25, 0.3) is 0 Å². The number of rotatable bonds is 3. The molecule has 5 nitrogen and oxygen atoms in total. The Morgan fingerprint density at radius 1 is 1.07 bits per heavy atom. The Labute approximate surface area is 164 Å². The van der Waals surface area contributed by atoms with Gasteiger partial charge in [0.15, 0.2) is 0 Å². The van der Waals surface area contributed by atoms with Crippen LogP contribution in [0.1, 0.15) is 36.7 Å². The van der Waals surface area contributed by atoms with Crippen molar-refractivity contribution in [3.63, 3.8) is 0 Å². The minimum absolute atomic E-state index is 0.0186. The van der Waals surface area contributed by atoms with E-state index in [1.807, 2.05) is 45.0 Å². The number of carbonyl (C=O) groups excluding carboxylic acids is 2. The maximum Gasteiger partial charge on any atom is 0.256 e. The molecule has 6 heteroatoms. The molecule has 27 heavy (non-hydrogen) atoms.